The van der Waals surface area contributed by atoms with Gasteiger partial charge in [-0.25, -0.2) is 9.59 Å². The van der Waals surface area contributed by atoms with Crippen LogP contribution in [0.5, 0.6) is 0 Å². The highest BCUT2D eigenvalue weighted by Crippen LogP contribution is 2.43. The number of ether oxygens (including phenoxy) is 2. The van der Waals surface area contributed by atoms with Crippen LogP contribution < -0.4 is 4.90 Å². The number of hydrogen-bond acceptors (Lipinski definition) is 5. The van der Waals surface area contributed by atoms with E-state index >= 15 is 0 Å². The molecule has 0 saturated carbocycles. The number of alkyl halides is 3. The molecule has 35 heavy (non-hydrogen) atoms. The number of anilines is 1. The van der Waals surface area contributed by atoms with E-state index in [9.17, 15) is 27.6 Å². The molecule has 3 aliphatic rings. The number of urea groups is 1. The van der Waals surface area contributed by atoms with Crippen molar-refractivity contribution in [2.45, 2.75) is 38.5 Å². The molecule has 1 aromatic carbocycles. The predicted octanol–water partition coefficient (Wildman–Crippen LogP) is 4.52. The lowest BCUT2D eigenvalue weighted by molar-refractivity contribution is -0.150. The number of benzene rings is 1. The summed E-state index contributed by atoms with van der Waals surface area (Å²) < 4.78 is 51.5. The smallest absolute Gasteiger partial charge is 0.413 e. The maximum atomic E-state index is 13.5. The number of hydrogen-bond donors (Lipinski definition) is 0. The second-order valence-electron chi connectivity index (χ2n) is 8.43. The first-order valence-electron chi connectivity index (χ1n) is 11.4. The van der Waals surface area contributed by atoms with E-state index in [1.165, 1.54) is 17.1 Å². The molecule has 1 aliphatic carbocycles. The molecular formula is C25H25F3N2O5. The molecule has 2 atom stereocenters. The molecule has 10 heteroatoms. The number of carbonyl (C=O) groups excluding carboxylic acids is 3. The third-order valence-electron chi connectivity index (χ3n) is 6.07. The van der Waals surface area contributed by atoms with Gasteiger partial charge in [0.05, 0.1) is 12.2 Å². The highest BCUT2D eigenvalue weighted by atomic mass is 19.4. The van der Waals surface area contributed by atoms with Crippen molar-refractivity contribution in [3.8, 4) is 0 Å². The van der Waals surface area contributed by atoms with Crippen molar-refractivity contribution in [1.82, 2.24) is 4.90 Å². The average Bonchev–Trinajstić information content (AvgIpc) is 3.10. The summed E-state index contributed by atoms with van der Waals surface area (Å²) in [6.07, 6.45) is -1.05. The van der Waals surface area contributed by atoms with Gasteiger partial charge < -0.3 is 9.47 Å². The standard InChI is InChI=1S/C25H25F3N2O5/c1-2-7-18-20(11-10-17-19(25(26,27)28)14-22(32)35-23(17)18)34-13-6-12-29-21(31)15-30(24(29)33)16-8-4-3-5-9-16/h3-5,8-11,14,17,23H,2,6-7,12-13,15H2,1H3. The topological polar surface area (TPSA) is 76.2 Å². The van der Waals surface area contributed by atoms with Gasteiger partial charge in [-0.05, 0) is 31.1 Å². The Hall–Kier alpha value is -3.56. The molecule has 0 spiro atoms. The van der Waals surface area contributed by atoms with Crippen molar-refractivity contribution < 1.29 is 37.0 Å². The van der Waals surface area contributed by atoms with E-state index in [2.05, 4.69) is 0 Å². The van der Waals surface area contributed by atoms with Crippen LogP contribution in [0.4, 0.5) is 23.7 Å². The van der Waals surface area contributed by atoms with Gasteiger partial charge in [0.25, 0.3) is 5.91 Å². The SMILES string of the molecule is CCCC1=C(OCCCN2C(=O)CN(c3ccccc3)C2=O)C=CC2C(C(F)(F)F)=CC(=O)OC12. The van der Waals surface area contributed by atoms with E-state index < -0.39 is 35.8 Å². The minimum atomic E-state index is -4.65. The van der Waals surface area contributed by atoms with E-state index in [0.717, 1.165) is 4.90 Å². The summed E-state index contributed by atoms with van der Waals surface area (Å²) in [4.78, 5) is 39.5. The molecular weight excluding hydrogens is 465 g/mol. The molecule has 2 heterocycles. The van der Waals surface area contributed by atoms with Crippen molar-refractivity contribution in [3.05, 3.63) is 65.5 Å². The van der Waals surface area contributed by atoms with E-state index in [1.54, 1.807) is 24.3 Å². The van der Waals surface area contributed by atoms with Crippen LogP contribution in [0.1, 0.15) is 26.2 Å². The number of allylic oxidation sites excluding steroid dienone is 1. The normalized spacial score (nSPS) is 22.4. The average molecular weight is 490 g/mol. The third-order valence-corrected chi connectivity index (χ3v) is 6.07. The van der Waals surface area contributed by atoms with Crippen LogP contribution in [0.2, 0.25) is 0 Å². The largest absolute Gasteiger partial charge is 0.493 e. The highest BCUT2D eigenvalue weighted by Gasteiger charge is 2.47. The maximum Gasteiger partial charge on any atom is 0.413 e. The zero-order chi connectivity index (χ0) is 25.2. The van der Waals surface area contributed by atoms with Gasteiger partial charge in [-0.2, -0.15) is 13.2 Å². The number of halogens is 3. The van der Waals surface area contributed by atoms with Crippen LogP contribution in [0.15, 0.2) is 65.5 Å². The van der Waals surface area contributed by atoms with Gasteiger partial charge >= 0.3 is 18.2 Å². The molecule has 2 unspecified atom stereocenters. The summed E-state index contributed by atoms with van der Waals surface area (Å²) in [5, 5.41) is 0. The summed E-state index contributed by atoms with van der Waals surface area (Å²) >= 11 is 0. The lowest BCUT2D eigenvalue weighted by Crippen LogP contribution is -2.39. The van der Waals surface area contributed by atoms with Gasteiger partial charge in [0.1, 0.15) is 18.4 Å². The van der Waals surface area contributed by atoms with E-state index in [0.29, 0.717) is 42.4 Å². The van der Waals surface area contributed by atoms with Crippen molar-refractivity contribution in [2.75, 3.05) is 24.6 Å². The van der Waals surface area contributed by atoms with E-state index in [-0.39, 0.29) is 25.6 Å². The molecule has 7 nitrogen and oxygen atoms in total. The molecule has 0 N–H and O–H groups in total. The van der Waals surface area contributed by atoms with Gasteiger partial charge in [0, 0.05) is 29.8 Å². The first-order chi connectivity index (χ1) is 16.7. The van der Waals surface area contributed by atoms with Crippen molar-refractivity contribution in [2.24, 2.45) is 5.92 Å². The summed E-state index contributed by atoms with van der Waals surface area (Å²) in [7, 11) is 0. The quantitative estimate of drug-likeness (QED) is 0.304. The van der Waals surface area contributed by atoms with E-state index in [4.69, 9.17) is 9.47 Å². The highest BCUT2D eigenvalue weighted by molar-refractivity contribution is 6.12. The Morgan fingerprint density at radius 1 is 1.14 bits per heavy atom. The number of carbonyl (C=O) groups is 3. The molecule has 1 aromatic rings. The van der Waals surface area contributed by atoms with Gasteiger partial charge in [-0.1, -0.05) is 37.6 Å². The van der Waals surface area contributed by atoms with Gasteiger partial charge in [-0.15, -0.1) is 0 Å². The Labute approximate surface area is 200 Å². The Bertz CT molecular complexity index is 1090. The van der Waals surface area contributed by atoms with Crippen LogP contribution in [0.3, 0.4) is 0 Å². The molecule has 186 valence electrons. The van der Waals surface area contributed by atoms with E-state index in [1.807, 2.05) is 13.0 Å². The number of para-hydroxylation sites is 1. The zero-order valence-electron chi connectivity index (χ0n) is 19.1. The molecule has 0 radical (unpaired) electrons. The Kier molecular flexibility index (Phi) is 7.00. The minimum absolute atomic E-state index is 0.0399. The van der Waals surface area contributed by atoms with Crippen molar-refractivity contribution in [1.29, 1.82) is 0 Å². The predicted molar refractivity (Wildman–Crippen MR) is 120 cm³/mol. The van der Waals surface area contributed by atoms with Crippen LogP contribution in [0.25, 0.3) is 0 Å². The van der Waals surface area contributed by atoms with Gasteiger partial charge in [0.2, 0.25) is 0 Å². The van der Waals surface area contributed by atoms with Crippen LogP contribution in [0, 0.1) is 5.92 Å². The lowest BCUT2D eigenvalue weighted by atomic mass is 9.81. The second-order valence-corrected chi connectivity index (χ2v) is 8.43. The van der Waals surface area contributed by atoms with Crippen LogP contribution >= 0.6 is 0 Å². The Morgan fingerprint density at radius 3 is 2.57 bits per heavy atom. The van der Waals surface area contributed by atoms with Gasteiger partial charge in [0.15, 0.2) is 0 Å². The summed E-state index contributed by atoms with van der Waals surface area (Å²) in [5.41, 5.74) is 0.193. The molecule has 2 aliphatic heterocycles. The summed E-state index contributed by atoms with van der Waals surface area (Å²) in [6.45, 7) is 2.10. The summed E-state index contributed by atoms with van der Waals surface area (Å²) in [6, 6.07) is 8.47. The first-order valence-corrected chi connectivity index (χ1v) is 11.4. The summed E-state index contributed by atoms with van der Waals surface area (Å²) in [5.74, 6) is -2.11. The minimum Gasteiger partial charge on any atom is -0.493 e. The number of imide groups is 1. The molecule has 3 amide bonds. The fourth-order valence-corrected chi connectivity index (χ4v) is 4.47. The second kappa shape index (κ2) is 9.97. The van der Waals surface area contributed by atoms with Gasteiger partial charge in [-0.3, -0.25) is 14.6 Å². The maximum absolute atomic E-state index is 13.5. The molecule has 0 aromatic heterocycles. The number of nitrogens with zero attached hydrogens (tertiary/aromatic N) is 2. The number of amides is 3. The van der Waals surface area contributed by atoms with Crippen LogP contribution in [-0.4, -0.2) is 54.8 Å². The number of rotatable bonds is 8. The molecule has 0 bridgehead atoms. The zero-order valence-corrected chi connectivity index (χ0v) is 19.1. The number of fused-ring (bicyclic) bond motifs is 1. The number of esters is 1. The van der Waals surface area contributed by atoms with Crippen LogP contribution in [-0.2, 0) is 19.1 Å². The fraction of sp³-hybridized carbons (Fsp3) is 0.400. The fourth-order valence-electron chi connectivity index (χ4n) is 4.47. The lowest BCUT2D eigenvalue weighted by Gasteiger charge is -2.35. The molecule has 4 rings (SSSR count). The van der Waals surface area contributed by atoms with Crippen molar-refractivity contribution in [3.63, 3.8) is 0 Å². The Balaban J connectivity index is 1.40. The van der Waals surface area contributed by atoms with Crippen molar-refractivity contribution >= 4 is 23.6 Å². The first kappa shape index (κ1) is 24.6. The third kappa shape index (κ3) is 5.11. The molecule has 1 fully saturated rings. The Morgan fingerprint density at radius 2 is 1.89 bits per heavy atom. The molecule has 1 saturated heterocycles. The monoisotopic (exact) mass is 490 g/mol.